The lowest BCUT2D eigenvalue weighted by Gasteiger charge is -2.36. The molecule has 0 spiro atoms. The van der Waals surface area contributed by atoms with E-state index in [1.54, 1.807) is 0 Å². The van der Waals surface area contributed by atoms with E-state index in [1.165, 1.54) is 20.0 Å². The van der Waals surface area contributed by atoms with Gasteiger partial charge in [0.05, 0.1) is 5.75 Å². The third kappa shape index (κ3) is 3.79. The fourth-order valence-electron chi connectivity index (χ4n) is 2.19. The molecule has 0 bridgehead atoms. The van der Waals surface area contributed by atoms with Crippen molar-refractivity contribution in [3.63, 3.8) is 0 Å². The quantitative estimate of drug-likeness (QED) is 0.576. The SMILES string of the molecule is CN1C(N)=N[C@](C)(c2nc(Br)ccc2F)C[S@]1(=O)=NCC(F)(F)F. The van der Waals surface area contributed by atoms with Gasteiger partial charge in [-0.05, 0) is 35.0 Å². The molecule has 1 aromatic rings. The van der Waals surface area contributed by atoms with Gasteiger partial charge in [-0.3, -0.25) is 4.31 Å². The number of guanidine groups is 1. The van der Waals surface area contributed by atoms with Crippen molar-refractivity contribution in [2.24, 2.45) is 15.1 Å². The fourth-order valence-corrected chi connectivity index (χ4v) is 4.57. The molecule has 0 saturated carbocycles. The van der Waals surface area contributed by atoms with E-state index in [-0.39, 0.29) is 11.7 Å². The number of nitrogens with two attached hydrogens (primary N) is 1. The number of hydrogen-bond donors (Lipinski definition) is 1. The van der Waals surface area contributed by atoms with E-state index in [9.17, 15) is 21.8 Å². The smallest absolute Gasteiger partial charge is 0.369 e. The molecule has 1 aliphatic rings. The minimum absolute atomic E-state index is 0.178. The van der Waals surface area contributed by atoms with Gasteiger partial charge in [-0.25, -0.2) is 22.9 Å². The molecule has 0 fully saturated rings. The number of halogens is 5. The second kappa shape index (κ2) is 6.14. The largest absolute Gasteiger partial charge is 0.408 e. The van der Waals surface area contributed by atoms with Crippen LogP contribution in [-0.4, -0.2) is 45.0 Å². The summed E-state index contributed by atoms with van der Waals surface area (Å²) in [4.78, 5) is 8.06. The van der Waals surface area contributed by atoms with Gasteiger partial charge in [0.2, 0.25) is 5.96 Å². The molecule has 0 amide bonds. The van der Waals surface area contributed by atoms with E-state index in [0.29, 0.717) is 4.60 Å². The van der Waals surface area contributed by atoms with Gasteiger partial charge < -0.3 is 5.73 Å². The summed E-state index contributed by atoms with van der Waals surface area (Å²) in [6.07, 6.45) is -4.62. The van der Waals surface area contributed by atoms with Crippen molar-refractivity contribution < 1.29 is 21.8 Å². The molecule has 1 aromatic heterocycles. The molecule has 24 heavy (non-hydrogen) atoms. The second-order valence-corrected chi connectivity index (χ2v) is 8.48. The van der Waals surface area contributed by atoms with Gasteiger partial charge in [0.15, 0.2) is 0 Å². The van der Waals surface area contributed by atoms with E-state index >= 15 is 0 Å². The zero-order valence-corrected chi connectivity index (χ0v) is 15.0. The first-order valence-electron chi connectivity index (χ1n) is 6.55. The Morgan fingerprint density at radius 1 is 1.50 bits per heavy atom. The van der Waals surface area contributed by atoms with Crippen LogP contribution in [0.2, 0.25) is 0 Å². The molecule has 6 nitrogen and oxygen atoms in total. The lowest BCUT2D eigenvalue weighted by atomic mass is 10.00. The van der Waals surface area contributed by atoms with Crippen LogP contribution in [0.4, 0.5) is 17.6 Å². The number of pyridine rings is 1. The molecule has 1 aliphatic heterocycles. The Hall–Kier alpha value is -1.43. The Bertz CT molecular complexity index is 805. The maximum atomic E-state index is 14.1. The monoisotopic (exact) mass is 431 g/mol. The van der Waals surface area contributed by atoms with Crippen LogP contribution in [-0.2, 0) is 15.5 Å². The molecule has 2 heterocycles. The van der Waals surface area contributed by atoms with Gasteiger partial charge in [0, 0.05) is 7.05 Å². The van der Waals surface area contributed by atoms with Crippen molar-refractivity contribution in [1.29, 1.82) is 0 Å². The molecular formula is C12H14BrF4N5OS. The second-order valence-electron chi connectivity index (χ2n) is 5.36. The Kier molecular flexibility index (Phi) is 4.83. The molecular weight excluding hydrogens is 418 g/mol. The van der Waals surface area contributed by atoms with Crippen molar-refractivity contribution >= 4 is 31.8 Å². The molecule has 2 atom stereocenters. The normalized spacial score (nSPS) is 27.8. The zero-order chi connectivity index (χ0) is 18.3. The first-order chi connectivity index (χ1) is 10.9. The summed E-state index contributed by atoms with van der Waals surface area (Å²) in [5.74, 6) is -1.52. The molecule has 0 unspecified atom stereocenters. The van der Waals surface area contributed by atoms with Crippen LogP contribution in [0, 0.1) is 5.82 Å². The lowest BCUT2D eigenvalue weighted by Crippen LogP contribution is -2.51. The zero-order valence-electron chi connectivity index (χ0n) is 12.6. The minimum atomic E-state index is -4.62. The summed E-state index contributed by atoms with van der Waals surface area (Å²) in [6.45, 7) is -0.207. The van der Waals surface area contributed by atoms with Gasteiger partial charge in [0.1, 0.15) is 38.1 Å². The highest BCUT2D eigenvalue weighted by atomic mass is 79.9. The van der Waals surface area contributed by atoms with Crippen LogP contribution in [0.25, 0.3) is 0 Å². The van der Waals surface area contributed by atoms with Gasteiger partial charge in [0.25, 0.3) is 0 Å². The summed E-state index contributed by atoms with van der Waals surface area (Å²) in [7, 11) is -2.35. The molecule has 0 saturated heterocycles. The fraction of sp³-hybridized carbons (Fsp3) is 0.500. The van der Waals surface area contributed by atoms with E-state index in [0.717, 1.165) is 10.4 Å². The average molecular weight is 432 g/mol. The standard InChI is InChI=1S/C12H14BrF4N5OS/c1-11(9-7(14)3-4-8(13)20-9)6-24(23,19-5-12(15,16)17)22(2)10(18)21-11/h3-4H,5-6H2,1-2H3,(H2,18,21)/t11-,24-/m0/s1. The average Bonchev–Trinajstić information content (AvgIpc) is 2.45. The summed E-state index contributed by atoms with van der Waals surface area (Å²) < 4.78 is 68.9. The predicted octanol–water partition coefficient (Wildman–Crippen LogP) is 2.40. The maximum Gasteiger partial charge on any atom is 0.408 e. The Labute approximate surface area is 144 Å². The van der Waals surface area contributed by atoms with E-state index in [4.69, 9.17) is 5.73 Å². The minimum Gasteiger partial charge on any atom is -0.369 e. The third-order valence-corrected chi connectivity index (χ3v) is 6.30. The molecule has 2 rings (SSSR count). The van der Waals surface area contributed by atoms with Gasteiger partial charge in [-0.15, -0.1) is 0 Å². The van der Waals surface area contributed by atoms with Crippen LogP contribution < -0.4 is 5.73 Å². The van der Waals surface area contributed by atoms with Gasteiger partial charge in [-0.1, -0.05) is 0 Å². The highest BCUT2D eigenvalue weighted by Crippen LogP contribution is 2.34. The Balaban J connectivity index is 2.58. The van der Waals surface area contributed by atoms with Crippen molar-refractivity contribution in [2.45, 2.75) is 18.6 Å². The number of alkyl halides is 3. The molecule has 0 aliphatic carbocycles. The molecule has 2 N–H and O–H groups in total. The summed E-state index contributed by atoms with van der Waals surface area (Å²) in [6, 6.07) is 2.48. The Morgan fingerprint density at radius 2 is 2.12 bits per heavy atom. The van der Waals surface area contributed by atoms with Crippen molar-refractivity contribution in [3.8, 4) is 0 Å². The number of rotatable bonds is 2. The maximum absolute atomic E-state index is 14.1. The van der Waals surface area contributed by atoms with Crippen LogP contribution in [0.15, 0.2) is 26.1 Å². The first kappa shape index (κ1) is 18.9. The summed E-state index contributed by atoms with van der Waals surface area (Å²) in [5, 5.41) is 0. The summed E-state index contributed by atoms with van der Waals surface area (Å²) >= 11 is 3.09. The van der Waals surface area contributed by atoms with Crippen LogP contribution in [0.3, 0.4) is 0 Å². The number of hydrogen-bond acceptors (Lipinski definition) is 5. The van der Waals surface area contributed by atoms with Crippen LogP contribution in [0.1, 0.15) is 12.6 Å². The van der Waals surface area contributed by atoms with Crippen molar-refractivity contribution in [3.05, 3.63) is 28.2 Å². The predicted molar refractivity (Wildman–Crippen MR) is 85.0 cm³/mol. The van der Waals surface area contributed by atoms with Gasteiger partial charge >= 0.3 is 6.18 Å². The molecule has 134 valence electrons. The van der Waals surface area contributed by atoms with E-state index < -0.39 is 39.7 Å². The first-order valence-corrected chi connectivity index (χ1v) is 8.99. The lowest BCUT2D eigenvalue weighted by molar-refractivity contribution is -0.117. The molecule has 12 heteroatoms. The van der Waals surface area contributed by atoms with E-state index in [2.05, 4.69) is 30.3 Å². The topological polar surface area (TPSA) is 83.9 Å². The number of nitrogens with zero attached hydrogens (tertiary/aromatic N) is 4. The third-order valence-electron chi connectivity index (χ3n) is 3.35. The molecule has 0 radical (unpaired) electrons. The van der Waals surface area contributed by atoms with Crippen molar-refractivity contribution in [2.75, 3.05) is 19.3 Å². The highest BCUT2D eigenvalue weighted by molar-refractivity contribution is 9.10. The van der Waals surface area contributed by atoms with Crippen LogP contribution >= 0.6 is 15.9 Å². The molecule has 0 aromatic carbocycles. The van der Waals surface area contributed by atoms with Crippen molar-refractivity contribution in [1.82, 2.24) is 9.29 Å². The number of aliphatic imine (C=N–C) groups is 1. The summed E-state index contributed by atoms with van der Waals surface area (Å²) in [5.41, 5.74) is 3.99. The highest BCUT2D eigenvalue weighted by Gasteiger charge is 2.42. The van der Waals surface area contributed by atoms with Crippen LogP contribution in [0.5, 0.6) is 0 Å². The Morgan fingerprint density at radius 3 is 2.71 bits per heavy atom. The van der Waals surface area contributed by atoms with Gasteiger partial charge in [-0.2, -0.15) is 13.2 Å². The van der Waals surface area contributed by atoms with E-state index in [1.807, 2.05) is 0 Å². The number of aromatic nitrogens is 1.